The number of likely N-dealkylation sites (tertiary alicyclic amines) is 1. The van der Waals surface area contributed by atoms with Crippen LogP contribution in [0.1, 0.15) is 41.0 Å². The van der Waals surface area contributed by atoms with E-state index in [2.05, 4.69) is 44.8 Å². The van der Waals surface area contributed by atoms with Crippen molar-refractivity contribution in [2.24, 2.45) is 22.7 Å². The van der Waals surface area contributed by atoms with Crippen LogP contribution >= 0.6 is 0 Å². The van der Waals surface area contributed by atoms with Crippen molar-refractivity contribution in [3.8, 4) is 0 Å². The molecule has 5 heteroatoms. The molecule has 0 aromatic carbocycles. The third-order valence-corrected chi connectivity index (χ3v) is 4.16. The van der Waals surface area contributed by atoms with E-state index in [1.54, 1.807) is 0 Å². The molecule has 1 aliphatic carbocycles. The minimum absolute atomic E-state index is 0. The zero-order valence-corrected chi connectivity index (χ0v) is 16.4. The Kier molecular flexibility index (Phi) is 10.2. The minimum atomic E-state index is 0. The van der Waals surface area contributed by atoms with Crippen molar-refractivity contribution in [2.45, 2.75) is 41.0 Å². The number of piperidine rings is 1. The summed E-state index contributed by atoms with van der Waals surface area (Å²) in [6, 6.07) is 0. The number of aliphatic hydroxyl groups excluding tert-OH is 1. The van der Waals surface area contributed by atoms with Gasteiger partial charge in [0.25, 0.3) is 0 Å². The average Bonchev–Trinajstić information content (AvgIpc) is 2.69. The van der Waals surface area contributed by atoms with E-state index in [1.807, 2.05) is 14.1 Å². The topological polar surface area (TPSA) is 52.6 Å². The molecule has 2 aliphatic rings. The van der Waals surface area contributed by atoms with Crippen molar-refractivity contribution in [3.63, 3.8) is 0 Å². The first kappa shape index (κ1) is 23.2. The number of amides is 1. The van der Waals surface area contributed by atoms with E-state index in [-0.39, 0.29) is 24.0 Å². The summed E-state index contributed by atoms with van der Waals surface area (Å²) in [6.45, 7) is 13.1. The van der Waals surface area contributed by atoms with Crippen LogP contribution in [0.25, 0.3) is 0 Å². The molecule has 2 unspecified atom stereocenters. The number of aliphatic hydroxyl groups is 1. The molecule has 1 radical (unpaired) electrons. The van der Waals surface area contributed by atoms with Gasteiger partial charge < -0.3 is 15.3 Å². The van der Waals surface area contributed by atoms with Crippen molar-refractivity contribution in [2.75, 3.05) is 34.3 Å². The number of rotatable bonds is 1. The maximum absolute atomic E-state index is 12.0. The summed E-state index contributed by atoms with van der Waals surface area (Å²) in [4.78, 5) is 14.0. The number of carbonyl (C=O) groups excluding carboxylic acids is 1. The molecule has 0 spiro atoms. The maximum Gasteiger partial charge on any atom is 0.223 e. The second-order valence-corrected chi connectivity index (χ2v) is 7.57. The van der Waals surface area contributed by atoms with Crippen LogP contribution < -0.4 is 5.32 Å². The Morgan fingerprint density at radius 3 is 1.81 bits per heavy atom. The number of nitrogens with one attached hydrogen (secondary N) is 1. The van der Waals surface area contributed by atoms with E-state index in [0.29, 0.717) is 17.7 Å². The number of nitrogens with zero attached hydrogens (tertiary/aromatic N) is 1. The first-order chi connectivity index (χ1) is 9.13. The van der Waals surface area contributed by atoms with Gasteiger partial charge in [0.15, 0.2) is 0 Å². The second kappa shape index (κ2) is 9.19. The van der Waals surface area contributed by atoms with Crippen LogP contribution in [0.2, 0.25) is 0 Å². The fourth-order valence-electron chi connectivity index (χ4n) is 2.90. The Balaban J connectivity index is 0. The molecule has 1 aliphatic heterocycles. The molecular formula is C16H34N2O2V. The standard InChI is InChI=1S/C13H23NO.C2H7N.CH4O.V/c1-12(2,3)6-11(15)14-7-9-10(8-14)13(9,4)5;1-3-2;1-2;/h9-10H,6-8H2,1-5H3;3H,1-2H3;2H,1H3;. The average molecular weight is 337 g/mol. The molecule has 21 heavy (non-hydrogen) atoms. The zero-order valence-electron chi connectivity index (χ0n) is 15.0. The quantitative estimate of drug-likeness (QED) is 0.769. The van der Waals surface area contributed by atoms with Crippen LogP contribution in [-0.2, 0) is 23.4 Å². The monoisotopic (exact) mass is 337 g/mol. The third kappa shape index (κ3) is 6.73. The molecule has 1 saturated carbocycles. The van der Waals surface area contributed by atoms with Gasteiger partial charge in [-0.15, -0.1) is 0 Å². The second-order valence-electron chi connectivity index (χ2n) is 7.57. The van der Waals surface area contributed by atoms with Gasteiger partial charge in [-0.05, 0) is 36.8 Å². The fraction of sp³-hybridized carbons (Fsp3) is 0.938. The summed E-state index contributed by atoms with van der Waals surface area (Å²) in [5.41, 5.74) is 0.637. The number of carbonyl (C=O) groups is 1. The van der Waals surface area contributed by atoms with Crippen LogP contribution in [0.5, 0.6) is 0 Å². The predicted octanol–water partition coefficient (Wildman–Crippen LogP) is 1.98. The van der Waals surface area contributed by atoms with E-state index in [1.165, 1.54) is 0 Å². The van der Waals surface area contributed by atoms with E-state index in [4.69, 9.17) is 5.11 Å². The maximum atomic E-state index is 12.0. The first-order valence-electron chi connectivity index (χ1n) is 7.44. The fourth-order valence-corrected chi connectivity index (χ4v) is 2.90. The van der Waals surface area contributed by atoms with Crippen molar-refractivity contribution >= 4 is 5.91 Å². The minimum Gasteiger partial charge on any atom is -0.400 e. The van der Waals surface area contributed by atoms with Gasteiger partial charge in [0.1, 0.15) is 0 Å². The largest absolute Gasteiger partial charge is 0.400 e. The molecule has 1 amide bonds. The Bertz CT molecular complexity index is 300. The van der Waals surface area contributed by atoms with Crippen molar-refractivity contribution < 1.29 is 28.5 Å². The van der Waals surface area contributed by atoms with Crippen LogP contribution in [0.15, 0.2) is 0 Å². The molecule has 2 fully saturated rings. The van der Waals surface area contributed by atoms with Crippen molar-refractivity contribution in [1.82, 2.24) is 10.2 Å². The van der Waals surface area contributed by atoms with Crippen molar-refractivity contribution in [1.29, 1.82) is 0 Å². The first-order valence-corrected chi connectivity index (χ1v) is 7.44. The van der Waals surface area contributed by atoms with Crippen LogP contribution in [-0.4, -0.2) is 50.2 Å². The van der Waals surface area contributed by atoms with Gasteiger partial charge in [-0.2, -0.15) is 0 Å². The summed E-state index contributed by atoms with van der Waals surface area (Å²) in [5, 5.41) is 9.75. The Morgan fingerprint density at radius 2 is 1.52 bits per heavy atom. The van der Waals surface area contributed by atoms with Gasteiger partial charge in [-0.3, -0.25) is 4.79 Å². The Labute approximate surface area is 142 Å². The van der Waals surface area contributed by atoms with Gasteiger partial charge in [-0.25, -0.2) is 0 Å². The van der Waals surface area contributed by atoms with Gasteiger partial charge in [0.2, 0.25) is 5.91 Å². The third-order valence-electron chi connectivity index (χ3n) is 4.16. The summed E-state index contributed by atoms with van der Waals surface area (Å²) in [6.07, 6.45) is 0.687. The molecule has 2 rings (SSSR count). The normalized spacial score (nSPS) is 24.5. The molecule has 125 valence electrons. The summed E-state index contributed by atoms with van der Waals surface area (Å²) < 4.78 is 0. The summed E-state index contributed by atoms with van der Waals surface area (Å²) >= 11 is 0. The van der Waals surface area contributed by atoms with Gasteiger partial charge >= 0.3 is 0 Å². The molecule has 1 saturated heterocycles. The van der Waals surface area contributed by atoms with Gasteiger partial charge in [0, 0.05) is 45.2 Å². The van der Waals surface area contributed by atoms with E-state index in [9.17, 15) is 4.79 Å². The Morgan fingerprint density at radius 1 is 1.19 bits per heavy atom. The van der Waals surface area contributed by atoms with Gasteiger partial charge in [-0.1, -0.05) is 34.6 Å². The molecule has 0 bridgehead atoms. The molecule has 1 heterocycles. The van der Waals surface area contributed by atoms with Crippen molar-refractivity contribution in [3.05, 3.63) is 0 Å². The smallest absolute Gasteiger partial charge is 0.223 e. The van der Waals surface area contributed by atoms with Gasteiger partial charge in [0.05, 0.1) is 0 Å². The molecule has 2 N–H and O–H groups in total. The Hall–Kier alpha value is -0.0256. The molecular weight excluding hydrogens is 303 g/mol. The number of hydrogen-bond acceptors (Lipinski definition) is 3. The summed E-state index contributed by atoms with van der Waals surface area (Å²) in [7, 11) is 4.75. The van der Waals surface area contributed by atoms with Crippen LogP contribution in [0.3, 0.4) is 0 Å². The molecule has 0 aromatic rings. The zero-order chi connectivity index (χ0) is 16.1. The van der Waals surface area contributed by atoms with E-state index in [0.717, 1.165) is 32.0 Å². The molecule has 0 aromatic heterocycles. The number of fused-ring (bicyclic) bond motifs is 1. The molecule has 4 nitrogen and oxygen atoms in total. The van der Waals surface area contributed by atoms with Crippen LogP contribution in [0.4, 0.5) is 0 Å². The van der Waals surface area contributed by atoms with E-state index >= 15 is 0 Å². The van der Waals surface area contributed by atoms with Crippen LogP contribution in [0, 0.1) is 22.7 Å². The predicted molar refractivity (Wildman–Crippen MR) is 84.5 cm³/mol. The molecule has 2 atom stereocenters. The number of hydrogen-bond donors (Lipinski definition) is 2. The van der Waals surface area contributed by atoms with E-state index < -0.39 is 0 Å². The summed E-state index contributed by atoms with van der Waals surface area (Å²) in [5.74, 6) is 1.91. The SMILES string of the molecule is CC(C)(C)CC(=O)N1CC2C(C1)C2(C)C.CNC.CO.[V].